The second-order valence-electron chi connectivity index (χ2n) is 8.67. The Morgan fingerprint density at radius 2 is 0.865 bits per heavy atom. The van der Waals surface area contributed by atoms with Crippen molar-refractivity contribution >= 4 is 75.1 Å². The van der Waals surface area contributed by atoms with Crippen molar-refractivity contribution in [3.63, 3.8) is 0 Å². The molecular weight excluding hydrogens is 728 g/mol. The minimum Gasteiger partial charge on any atom is -0.455 e. The first-order valence-corrected chi connectivity index (χ1v) is 14.9. The minimum absolute atomic E-state index is 0.241. The first kappa shape index (κ1) is 28.0. The number of hydrogen-bond acceptors (Lipinski definition) is 4. The van der Waals surface area contributed by atoms with Crippen molar-refractivity contribution in [3.8, 4) is 23.0 Å². The molecule has 192 valence electrons. The first-order chi connectivity index (χ1) is 17.7. The highest BCUT2D eigenvalue weighted by molar-refractivity contribution is 9.11. The Balaban J connectivity index is 1.72. The molecule has 0 aliphatic heterocycles. The van der Waals surface area contributed by atoms with E-state index >= 15 is 0 Å². The number of halogens is 4. The molecule has 0 fully saturated rings. The Labute approximate surface area is 251 Å². The summed E-state index contributed by atoms with van der Waals surface area (Å²) in [4.78, 5) is 0. The highest BCUT2D eigenvalue weighted by Gasteiger charge is 2.33. The van der Waals surface area contributed by atoms with E-state index in [4.69, 9.17) is 20.9 Å². The van der Waals surface area contributed by atoms with Crippen molar-refractivity contribution in [2.45, 2.75) is 32.1 Å². The molecule has 0 heterocycles. The molecular formula is C29H26Br4N2O2. The van der Waals surface area contributed by atoms with E-state index in [9.17, 15) is 0 Å². The molecule has 4 nitrogen and oxygen atoms in total. The largest absolute Gasteiger partial charge is 0.455 e. The van der Waals surface area contributed by atoms with E-state index in [-0.39, 0.29) is 5.41 Å². The highest BCUT2D eigenvalue weighted by atomic mass is 79.9. The van der Waals surface area contributed by atoms with Crippen LogP contribution in [0.5, 0.6) is 23.0 Å². The first-order valence-electron chi connectivity index (χ1n) is 11.7. The van der Waals surface area contributed by atoms with Crippen LogP contribution in [0.25, 0.3) is 0 Å². The predicted molar refractivity (Wildman–Crippen MR) is 167 cm³/mol. The van der Waals surface area contributed by atoms with Gasteiger partial charge in [0.1, 0.15) is 11.5 Å². The van der Waals surface area contributed by atoms with Crippen molar-refractivity contribution in [1.82, 2.24) is 0 Å². The molecule has 0 aromatic heterocycles. The van der Waals surface area contributed by atoms with Gasteiger partial charge in [-0.25, -0.2) is 0 Å². The van der Waals surface area contributed by atoms with Crippen LogP contribution in [0.2, 0.25) is 0 Å². The molecule has 0 bridgehead atoms. The van der Waals surface area contributed by atoms with Gasteiger partial charge in [-0.15, -0.1) is 0 Å². The third kappa shape index (κ3) is 6.03. The van der Waals surface area contributed by atoms with Crippen LogP contribution < -0.4 is 20.9 Å². The summed E-state index contributed by atoms with van der Waals surface area (Å²) in [5.74, 6) is 2.85. The van der Waals surface area contributed by atoms with Gasteiger partial charge in [-0.1, -0.05) is 13.8 Å². The van der Waals surface area contributed by atoms with Crippen LogP contribution in [0.4, 0.5) is 11.4 Å². The summed E-state index contributed by atoms with van der Waals surface area (Å²) in [6.07, 6.45) is 1.80. The predicted octanol–water partition coefficient (Wildman–Crippen LogP) is 10.6. The molecule has 0 saturated carbocycles. The van der Waals surface area contributed by atoms with Crippen LogP contribution in [-0.2, 0) is 5.41 Å². The summed E-state index contributed by atoms with van der Waals surface area (Å²) in [6, 6.07) is 23.3. The number of anilines is 2. The molecule has 4 aromatic carbocycles. The van der Waals surface area contributed by atoms with Gasteiger partial charge in [0.2, 0.25) is 0 Å². The topological polar surface area (TPSA) is 70.5 Å². The fraction of sp³-hybridized carbons (Fsp3) is 0.172. The zero-order valence-electron chi connectivity index (χ0n) is 20.3. The average molecular weight is 754 g/mol. The van der Waals surface area contributed by atoms with E-state index < -0.39 is 0 Å². The second kappa shape index (κ2) is 11.8. The Kier molecular flexibility index (Phi) is 8.94. The van der Waals surface area contributed by atoms with Crippen LogP contribution in [0.15, 0.2) is 90.7 Å². The SMILES string of the molecule is CCC(CC)(c1cc(Br)c(Oc2ccc(N)cc2)c(Br)c1)c1cc(Br)c(Oc2ccc(N)cc2)c(Br)c1. The van der Waals surface area contributed by atoms with Gasteiger partial charge in [0, 0.05) is 16.8 Å². The van der Waals surface area contributed by atoms with Gasteiger partial charge in [0.25, 0.3) is 0 Å². The quantitative estimate of drug-likeness (QED) is 0.176. The number of ether oxygens (including phenoxy) is 2. The van der Waals surface area contributed by atoms with Gasteiger partial charge in [-0.05, 0) is 160 Å². The summed E-state index contributed by atoms with van der Waals surface area (Å²) >= 11 is 15.0. The molecule has 0 amide bonds. The van der Waals surface area contributed by atoms with Gasteiger partial charge < -0.3 is 20.9 Å². The summed E-state index contributed by atoms with van der Waals surface area (Å²) in [5, 5.41) is 0. The number of benzene rings is 4. The molecule has 0 radical (unpaired) electrons. The molecule has 4 N–H and O–H groups in total. The molecule has 0 saturated heterocycles. The normalized spacial score (nSPS) is 11.4. The van der Waals surface area contributed by atoms with Crippen molar-refractivity contribution in [2.75, 3.05) is 11.5 Å². The number of nitrogen functional groups attached to an aromatic ring is 2. The van der Waals surface area contributed by atoms with Crippen molar-refractivity contribution in [2.24, 2.45) is 0 Å². The third-order valence-electron chi connectivity index (χ3n) is 6.51. The van der Waals surface area contributed by atoms with Crippen molar-refractivity contribution in [3.05, 3.63) is 102 Å². The third-order valence-corrected chi connectivity index (χ3v) is 8.87. The number of rotatable bonds is 8. The van der Waals surface area contributed by atoms with Crippen molar-refractivity contribution < 1.29 is 9.47 Å². The fourth-order valence-corrected chi connectivity index (χ4v) is 7.10. The molecule has 8 heteroatoms. The average Bonchev–Trinajstić information content (AvgIpc) is 2.87. The maximum absolute atomic E-state index is 6.16. The summed E-state index contributed by atoms with van der Waals surface area (Å²) in [7, 11) is 0. The number of nitrogens with two attached hydrogens (primary N) is 2. The summed E-state index contributed by atoms with van der Waals surface area (Å²) in [5.41, 5.74) is 15.1. The Hall–Kier alpha value is -2.00. The summed E-state index contributed by atoms with van der Waals surface area (Å²) < 4.78 is 15.8. The van der Waals surface area contributed by atoms with E-state index in [0.29, 0.717) is 34.4 Å². The van der Waals surface area contributed by atoms with Crippen molar-refractivity contribution in [1.29, 1.82) is 0 Å². The smallest absolute Gasteiger partial charge is 0.155 e. The lowest BCUT2D eigenvalue weighted by atomic mass is 9.70. The molecule has 0 atom stereocenters. The van der Waals surface area contributed by atoms with Gasteiger partial charge in [-0.2, -0.15) is 0 Å². The minimum atomic E-state index is -0.241. The molecule has 4 aromatic rings. The van der Waals surface area contributed by atoms with Crippen LogP contribution in [0.3, 0.4) is 0 Å². The summed E-state index contributed by atoms with van der Waals surface area (Å²) in [6.45, 7) is 4.43. The second-order valence-corrected chi connectivity index (χ2v) is 12.1. The molecule has 0 unspecified atom stereocenters. The molecule has 0 aliphatic carbocycles. The fourth-order valence-electron chi connectivity index (χ4n) is 4.41. The number of hydrogen-bond donors (Lipinski definition) is 2. The van der Waals surface area contributed by atoms with Gasteiger partial charge in [-0.3, -0.25) is 0 Å². The molecule has 0 spiro atoms. The maximum Gasteiger partial charge on any atom is 0.155 e. The Morgan fingerprint density at radius 1 is 0.568 bits per heavy atom. The molecule has 37 heavy (non-hydrogen) atoms. The van der Waals surface area contributed by atoms with Crippen LogP contribution in [-0.4, -0.2) is 0 Å². The van der Waals surface area contributed by atoms with Crippen LogP contribution >= 0.6 is 63.7 Å². The van der Waals surface area contributed by atoms with Gasteiger partial charge in [0.05, 0.1) is 17.9 Å². The van der Waals surface area contributed by atoms with E-state index in [2.05, 4.69) is 102 Å². The lowest BCUT2D eigenvalue weighted by Gasteiger charge is -2.34. The lowest BCUT2D eigenvalue weighted by Crippen LogP contribution is -2.26. The van der Waals surface area contributed by atoms with E-state index in [1.54, 1.807) is 0 Å². The van der Waals surface area contributed by atoms with Gasteiger partial charge in [0.15, 0.2) is 11.5 Å². The molecule has 0 aliphatic rings. The Morgan fingerprint density at radius 3 is 1.14 bits per heavy atom. The van der Waals surface area contributed by atoms with E-state index in [0.717, 1.165) is 30.7 Å². The highest BCUT2D eigenvalue weighted by Crippen LogP contribution is 2.48. The van der Waals surface area contributed by atoms with Crippen LogP contribution in [0, 0.1) is 0 Å². The van der Waals surface area contributed by atoms with Crippen LogP contribution in [0.1, 0.15) is 37.8 Å². The zero-order chi connectivity index (χ0) is 26.7. The van der Waals surface area contributed by atoms with E-state index in [1.165, 1.54) is 11.1 Å². The van der Waals surface area contributed by atoms with E-state index in [1.807, 2.05) is 48.5 Å². The molecule has 4 rings (SSSR count). The van der Waals surface area contributed by atoms with Gasteiger partial charge >= 0.3 is 0 Å². The standard InChI is InChI=1S/C29H26Br4N2O2/c1-3-29(4-2,17-13-23(30)27(24(31)14-17)36-21-9-5-19(34)6-10-21)18-15-25(32)28(26(33)16-18)37-22-11-7-20(35)8-12-22/h5-16H,3-4,34-35H2,1-2H3. The Bertz CT molecular complexity index is 1250. The zero-order valence-corrected chi connectivity index (χ0v) is 26.7. The lowest BCUT2D eigenvalue weighted by molar-refractivity contribution is 0.460. The monoisotopic (exact) mass is 750 g/mol. The maximum atomic E-state index is 6.16.